The average molecular weight is 228 g/mol. The molecule has 2 nitrogen and oxygen atoms in total. The Bertz CT molecular complexity index is 320. The number of rotatable bonds is 1. The van der Waals surface area contributed by atoms with Gasteiger partial charge in [0, 0.05) is 21.9 Å². The van der Waals surface area contributed by atoms with Gasteiger partial charge in [-0.1, -0.05) is 0 Å². The number of halogens is 1. The van der Waals surface area contributed by atoms with E-state index in [0.717, 1.165) is 28.6 Å². The molecular formula is C9H10BrNO. The van der Waals surface area contributed by atoms with E-state index in [-0.39, 0.29) is 0 Å². The van der Waals surface area contributed by atoms with E-state index >= 15 is 0 Å². The zero-order valence-electron chi connectivity index (χ0n) is 6.84. The van der Waals surface area contributed by atoms with Crippen LogP contribution in [0.2, 0.25) is 0 Å². The summed E-state index contributed by atoms with van der Waals surface area (Å²) in [6, 6.07) is 1.95. The fraction of sp³-hybridized carbons (Fsp3) is 0.444. The summed E-state index contributed by atoms with van der Waals surface area (Å²) in [5, 5.41) is 9.84. The van der Waals surface area contributed by atoms with Crippen molar-refractivity contribution in [3.05, 3.63) is 28.0 Å². The van der Waals surface area contributed by atoms with E-state index < -0.39 is 5.60 Å². The first kappa shape index (κ1) is 8.20. The topological polar surface area (TPSA) is 33.1 Å². The molecule has 1 aliphatic rings. The maximum atomic E-state index is 9.84. The van der Waals surface area contributed by atoms with Gasteiger partial charge >= 0.3 is 0 Å². The van der Waals surface area contributed by atoms with Crippen LogP contribution in [0.1, 0.15) is 24.1 Å². The van der Waals surface area contributed by atoms with Gasteiger partial charge in [0.15, 0.2) is 0 Å². The number of pyridine rings is 1. The van der Waals surface area contributed by atoms with E-state index in [4.69, 9.17) is 0 Å². The Morgan fingerprint density at radius 1 is 1.58 bits per heavy atom. The molecule has 0 bridgehead atoms. The predicted molar refractivity (Wildman–Crippen MR) is 49.8 cm³/mol. The van der Waals surface area contributed by atoms with Crippen molar-refractivity contribution in [2.24, 2.45) is 0 Å². The van der Waals surface area contributed by atoms with Crippen LogP contribution >= 0.6 is 15.9 Å². The quantitative estimate of drug-likeness (QED) is 0.798. The first-order chi connectivity index (χ1) is 5.62. The fourth-order valence-corrected chi connectivity index (χ4v) is 1.70. The van der Waals surface area contributed by atoms with Crippen LogP contribution in [0.5, 0.6) is 0 Å². The average Bonchev–Trinajstić information content (AvgIpc) is 2.75. The van der Waals surface area contributed by atoms with Crippen LogP contribution in [0.25, 0.3) is 0 Å². The first-order valence-corrected chi connectivity index (χ1v) is 4.76. The van der Waals surface area contributed by atoms with Crippen molar-refractivity contribution in [1.29, 1.82) is 0 Å². The molecule has 1 fully saturated rings. The van der Waals surface area contributed by atoms with E-state index in [1.54, 1.807) is 6.20 Å². The summed E-state index contributed by atoms with van der Waals surface area (Å²) in [6.07, 6.45) is 3.49. The molecule has 0 unspecified atom stereocenters. The summed E-state index contributed by atoms with van der Waals surface area (Å²) in [5.41, 5.74) is 1.33. The smallest absolute Gasteiger partial charge is 0.0916 e. The van der Waals surface area contributed by atoms with Crippen molar-refractivity contribution < 1.29 is 5.11 Å². The molecule has 0 atom stereocenters. The summed E-state index contributed by atoms with van der Waals surface area (Å²) in [5.74, 6) is 0. The van der Waals surface area contributed by atoms with Gasteiger partial charge in [0.2, 0.25) is 0 Å². The van der Waals surface area contributed by atoms with Gasteiger partial charge in [-0.05, 0) is 41.8 Å². The molecule has 0 aliphatic heterocycles. The molecule has 1 heterocycles. The minimum absolute atomic E-state index is 0.569. The van der Waals surface area contributed by atoms with Gasteiger partial charge in [0.1, 0.15) is 0 Å². The zero-order valence-corrected chi connectivity index (χ0v) is 8.43. The van der Waals surface area contributed by atoms with Gasteiger partial charge in [-0.2, -0.15) is 0 Å². The standard InChI is InChI=1S/C9H10BrNO/c1-6-8(9(12)2-3-9)4-7(10)5-11-6/h4-5,12H,2-3H2,1H3. The highest BCUT2D eigenvalue weighted by Crippen LogP contribution is 2.46. The summed E-state index contributed by atoms with van der Waals surface area (Å²) in [7, 11) is 0. The van der Waals surface area contributed by atoms with E-state index in [0.29, 0.717) is 0 Å². The number of hydrogen-bond donors (Lipinski definition) is 1. The first-order valence-electron chi connectivity index (χ1n) is 3.97. The Morgan fingerprint density at radius 2 is 2.25 bits per heavy atom. The van der Waals surface area contributed by atoms with Crippen LogP contribution in [-0.4, -0.2) is 10.1 Å². The molecule has 12 heavy (non-hydrogen) atoms. The molecule has 1 N–H and O–H groups in total. The molecule has 0 aromatic carbocycles. The van der Waals surface area contributed by atoms with Crippen molar-refractivity contribution >= 4 is 15.9 Å². The van der Waals surface area contributed by atoms with Gasteiger partial charge in [-0.25, -0.2) is 0 Å². The second-order valence-corrected chi connectivity index (χ2v) is 4.23. The lowest BCUT2D eigenvalue weighted by molar-refractivity contribution is 0.150. The van der Waals surface area contributed by atoms with Crippen molar-refractivity contribution in [1.82, 2.24) is 4.98 Å². The number of nitrogens with zero attached hydrogens (tertiary/aromatic N) is 1. The third kappa shape index (κ3) is 1.27. The van der Waals surface area contributed by atoms with E-state index in [2.05, 4.69) is 20.9 Å². The minimum Gasteiger partial charge on any atom is -0.385 e. The maximum absolute atomic E-state index is 9.84. The molecule has 2 rings (SSSR count). The second-order valence-electron chi connectivity index (χ2n) is 3.32. The molecule has 1 saturated carbocycles. The van der Waals surface area contributed by atoms with E-state index in [1.165, 1.54) is 0 Å². The molecule has 1 aromatic heterocycles. The summed E-state index contributed by atoms with van der Waals surface area (Å²) in [4.78, 5) is 4.18. The molecule has 1 aromatic rings. The highest BCUT2D eigenvalue weighted by molar-refractivity contribution is 9.10. The number of aromatic nitrogens is 1. The Hall–Kier alpha value is -0.410. The largest absolute Gasteiger partial charge is 0.385 e. The Morgan fingerprint density at radius 3 is 2.83 bits per heavy atom. The molecule has 64 valence electrons. The van der Waals surface area contributed by atoms with E-state index in [9.17, 15) is 5.11 Å². The molecule has 0 saturated heterocycles. The number of aliphatic hydroxyl groups is 1. The lowest BCUT2D eigenvalue weighted by atomic mass is 10.1. The Kier molecular flexibility index (Phi) is 1.73. The van der Waals surface area contributed by atoms with Crippen molar-refractivity contribution in [3.63, 3.8) is 0 Å². The van der Waals surface area contributed by atoms with Gasteiger partial charge in [-0.15, -0.1) is 0 Å². The van der Waals surface area contributed by atoms with Crippen LogP contribution in [-0.2, 0) is 5.60 Å². The van der Waals surface area contributed by atoms with Crippen LogP contribution < -0.4 is 0 Å². The molecule has 1 aliphatic carbocycles. The van der Waals surface area contributed by atoms with Crippen LogP contribution in [0.4, 0.5) is 0 Å². The molecule has 3 heteroatoms. The Labute approximate surface area is 79.8 Å². The lowest BCUT2D eigenvalue weighted by Gasteiger charge is -2.10. The summed E-state index contributed by atoms with van der Waals surface area (Å²) in [6.45, 7) is 1.93. The lowest BCUT2D eigenvalue weighted by Crippen LogP contribution is -2.07. The van der Waals surface area contributed by atoms with Crippen LogP contribution in [0, 0.1) is 6.92 Å². The summed E-state index contributed by atoms with van der Waals surface area (Å²) < 4.78 is 0.934. The predicted octanol–water partition coefficient (Wildman–Crippen LogP) is 2.13. The van der Waals surface area contributed by atoms with Gasteiger partial charge in [-0.3, -0.25) is 4.98 Å². The third-order valence-corrected chi connectivity index (χ3v) is 2.71. The van der Waals surface area contributed by atoms with E-state index in [1.807, 2.05) is 13.0 Å². The second kappa shape index (κ2) is 2.54. The van der Waals surface area contributed by atoms with Gasteiger partial charge in [0.05, 0.1) is 5.60 Å². The highest BCUT2D eigenvalue weighted by Gasteiger charge is 2.43. The SMILES string of the molecule is Cc1ncc(Br)cc1C1(O)CC1. The molecular weight excluding hydrogens is 218 g/mol. The molecule has 0 spiro atoms. The van der Waals surface area contributed by atoms with Crippen molar-refractivity contribution in [2.45, 2.75) is 25.4 Å². The molecule has 0 radical (unpaired) electrons. The van der Waals surface area contributed by atoms with Gasteiger partial charge in [0.25, 0.3) is 0 Å². The third-order valence-electron chi connectivity index (χ3n) is 2.28. The Balaban J connectivity index is 2.48. The van der Waals surface area contributed by atoms with Crippen molar-refractivity contribution in [2.75, 3.05) is 0 Å². The van der Waals surface area contributed by atoms with Crippen LogP contribution in [0.3, 0.4) is 0 Å². The monoisotopic (exact) mass is 227 g/mol. The minimum atomic E-state index is -0.569. The zero-order chi connectivity index (χ0) is 8.77. The number of aryl methyl sites for hydroxylation is 1. The van der Waals surface area contributed by atoms with Gasteiger partial charge < -0.3 is 5.11 Å². The molecule has 0 amide bonds. The fourth-order valence-electron chi connectivity index (χ4n) is 1.37. The van der Waals surface area contributed by atoms with Crippen molar-refractivity contribution in [3.8, 4) is 0 Å². The van der Waals surface area contributed by atoms with Crippen LogP contribution in [0.15, 0.2) is 16.7 Å². The number of hydrogen-bond acceptors (Lipinski definition) is 2. The normalized spacial score (nSPS) is 19.2. The highest BCUT2D eigenvalue weighted by atomic mass is 79.9. The summed E-state index contributed by atoms with van der Waals surface area (Å²) >= 11 is 3.34. The maximum Gasteiger partial charge on any atom is 0.0916 e.